The van der Waals surface area contributed by atoms with Crippen LogP contribution in [0.25, 0.3) is 0 Å². The molecule has 0 aliphatic heterocycles. The summed E-state index contributed by atoms with van der Waals surface area (Å²) in [5.74, 6) is -0.153. The minimum Gasteiger partial charge on any atom is -0.493 e. The van der Waals surface area contributed by atoms with Crippen molar-refractivity contribution >= 4 is 5.91 Å². The van der Waals surface area contributed by atoms with E-state index in [2.05, 4.69) is 5.32 Å². The Kier molecular flexibility index (Phi) is 6.45. The summed E-state index contributed by atoms with van der Waals surface area (Å²) in [4.78, 5) is 11.8. The number of rotatable bonds is 8. The van der Waals surface area contributed by atoms with E-state index >= 15 is 0 Å². The zero-order chi connectivity index (χ0) is 15.0. The van der Waals surface area contributed by atoms with E-state index in [1.54, 1.807) is 12.1 Å². The van der Waals surface area contributed by atoms with Crippen LogP contribution in [0.3, 0.4) is 0 Å². The molecule has 0 fully saturated rings. The van der Waals surface area contributed by atoms with Gasteiger partial charge in [0.1, 0.15) is 11.6 Å². The summed E-state index contributed by atoms with van der Waals surface area (Å²) in [5.41, 5.74) is -0.560. The molecule has 0 aliphatic rings. The van der Waals surface area contributed by atoms with Crippen molar-refractivity contribution in [3.05, 3.63) is 30.1 Å². The Balaban J connectivity index is 2.40. The summed E-state index contributed by atoms with van der Waals surface area (Å²) in [6.07, 6.45) is 1.49. The van der Waals surface area contributed by atoms with Crippen LogP contribution in [0.15, 0.2) is 24.3 Å². The molecular weight excluding hydrogens is 261 g/mol. The first-order valence-electron chi connectivity index (χ1n) is 6.85. The number of hydrogen-bond acceptors (Lipinski definition) is 3. The van der Waals surface area contributed by atoms with Gasteiger partial charge in [-0.2, -0.15) is 0 Å². The van der Waals surface area contributed by atoms with Crippen LogP contribution in [0.2, 0.25) is 0 Å². The standard InChI is InChI=1S/C15H22FNO3/c1-3-15(4-2,11-18)17-14(19)8-9-20-13-7-5-6-12(16)10-13/h5-7,10,18H,3-4,8-9,11H2,1-2H3,(H,17,19). The molecule has 0 saturated heterocycles. The van der Waals surface area contributed by atoms with E-state index in [0.29, 0.717) is 18.6 Å². The number of benzene rings is 1. The molecule has 0 unspecified atom stereocenters. The summed E-state index contributed by atoms with van der Waals surface area (Å²) < 4.78 is 18.2. The van der Waals surface area contributed by atoms with Crippen molar-refractivity contribution in [1.82, 2.24) is 5.32 Å². The van der Waals surface area contributed by atoms with Gasteiger partial charge in [0.05, 0.1) is 25.2 Å². The number of aliphatic hydroxyl groups excluding tert-OH is 1. The van der Waals surface area contributed by atoms with Gasteiger partial charge in [-0.05, 0) is 25.0 Å². The summed E-state index contributed by atoms with van der Waals surface area (Å²) in [6.45, 7) is 3.92. The summed E-state index contributed by atoms with van der Waals surface area (Å²) in [7, 11) is 0. The van der Waals surface area contributed by atoms with Crippen LogP contribution >= 0.6 is 0 Å². The lowest BCUT2D eigenvalue weighted by Gasteiger charge is -2.30. The highest BCUT2D eigenvalue weighted by Crippen LogP contribution is 2.15. The van der Waals surface area contributed by atoms with Gasteiger partial charge in [-0.25, -0.2) is 4.39 Å². The minimum atomic E-state index is -0.560. The second kappa shape index (κ2) is 7.85. The molecule has 0 aliphatic carbocycles. The molecule has 1 aromatic rings. The van der Waals surface area contributed by atoms with Crippen LogP contribution in [0.4, 0.5) is 4.39 Å². The van der Waals surface area contributed by atoms with E-state index in [9.17, 15) is 14.3 Å². The number of ether oxygens (including phenoxy) is 1. The Hall–Kier alpha value is -1.62. The smallest absolute Gasteiger partial charge is 0.223 e. The van der Waals surface area contributed by atoms with Gasteiger partial charge in [-0.3, -0.25) is 4.79 Å². The second-order valence-corrected chi connectivity index (χ2v) is 4.75. The maximum atomic E-state index is 12.9. The lowest BCUT2D eigenvalue weighted by atomic mass is 9.94. The van der Waals surface area contributed by atoms with Crippen LogP contribution in [-0.4, -0.2) is 29.8 Å². The van der Waals surface area contributed by atoms with Gasteiger partial charge < -0.3 is 15.2 Å². The van der Waals surface area contributed by atoms with E-state index in [0.717, 1.165) is 0 Å². The maximum absolute atomic E-state index is 12.9. The molecule has 0 spiro atoms. The lowest BCUT2D eigenvalue weighted by molar-refractivity contribution is -0.124. The SMILES string of the molecule is CCC(CC)(CO)NC(=O)CCOc1cccc(F)c1. The van der Waals surface area contributed by atoms with Gasteiger partial charge in [0.2, 0.25) is 5.91 Å². The van der Waals surface area contributed by atoms with E-state index in [-0.39, 0.29) is 31.4 Å². The van der Waals surface area contributed by atoms with Gasteiger partial charge in [-0.15, -0.1) is 0 Å². The molecule has 1 aromatic carbocycles. The van der Waals surface area contributed by atoms with Crippen molar-refractivity contribution in [1.29, 1.82) is 0 Å². The lowest BCUT2D eigenvalue weighted by Crippen LogP contribution is -2.50. The van der Waals surface area contributed by atoms with Crippen LogP contribution < -0.4 is 10.1 Å². The largest absolute Gasteiger partial charge is 0.493 e. The topological polar surface area (TPSA) is 58.6 Å². The predicted molar refractivity (Wildman–Crippen MR) is 75.1 cm³/mol. The Morgan fingerprint density at radius 3 is 2.65 bits per heavy atom. The first kappa shape index (κ1) is 16.4. The first-order chi connectivity index (χ1) is 9.55. The highest BCUT2D eigenvalue weighted by atomic mass is 19.1. The summed E-state index contributed by atoms with van der Waals surface area (Å²) in [5, 5.41) is 12.2. The normalized spacial score (nSPS) is 11.2. The Bertz CT molecular complexity index is 425. The fraction of sp³-hybridized carbons (Fsp3) is 0.533. The first-order valence-corrected chi connectivity index (χ1v) is 6.85. The molecule has 0 bridgehead atoms. The third-order valence-electron chi connectivity index (χ3n) is 3.45. The van der Waals surface area contributed by atoms with Crippen LogP contribution in [0.1, 0.15) is 33.1 Å². The Morgan fingerprint density at radius 1 is 1.40 bits per heavy atom. The monoisotopic (exact) mass is 283 g/mol. The molecule has 1 amide bonds. The molecule has 0 atom stereocenters. The van der Waals surface area contributed by atoms with Gasteiger partial charge in [0.15, 0.2) is 0 Å². The van der Waals surface area contributed by atoms with E-state index in [1.165, 1.54) is 12.1 Å². The van der Waals surface area contributed by atoms with Crippen molar-refractivity contribution in [3.63, 3.8) is 0 Å². The van der Waals surface area contributed by atoms with Gasteiger partial charge >= 0.3 is 0 Å². The summed E-state index contributed by atoms with van der Waals surface area (Å²) >= 11 is 0. The zero-order valence-electron chi connectivity index (χ0n) is 12.0. The molecule has 4 nitrogen and oxygen atoms in total. The number of hydrogen-bond donors (Lipinski definition) is 2. The molecule has 0 radical (unpaired) electrons. The number of halogens is 1. The Morgan fingerprint density at radius 2 is 2.10 bits per heavy atom. The number of aliphatic hydroxyl groups is 1. The molecule has 112 valence electrons. The Labute approximate surface area is 119 Å². The van der Waals surface area contributed by atoms with Crippen molar-refractivity contribution in [2.45, 2.75) is 38.6 Å². The number of carbonyl (C=O) groups excluding carboxylic acids is 1. The van der Waals surface area contributed by atoms with Crippen molar-refractivity contribution in [2.24, 2.45) is 0 Å². The van der Waals surface area contributed by atoms with Crippen LogP contribution in [-0.2, 0) is 4.79 Å². The molecule has 20 heavy (non-hydrogen) atoms. The van der Waals surface area contributed by atoms with Crippen molar-refractivity contribution < 1.29 is 19.0 Å². The van der Waals surface area contributed by atoms with Gasteiger partial charge in [0, 0.05) is 6.07 Å². The van der Waals surface area contributed by atoms with E-state index in [1.807, 2.05) is 13.8 Å². The van der Waals surface area contributed by atoms with E-state index < -0.39 is 5.54 Å². The molecule has 1 rings (SSSR count). The molecule has 0 heterocycles. The average Bonchev–Trinajstić information content (AvgIpc) is 2.45. The fourth-order valence-electron chi connectivity index (χ4n) is 1.87. The summed E-state index contributed by atoms with van der Waals surface area (Å²) in [6, 6.07) is 5.79. The van der Waals surface area contributed by atoms with Gasteiger partial charge in [-0.1, -0.05) is 19.9 Å². The number of carbonyl (C=O) groups is 1. The number of amides is 1. The second-order valence-electron chi connectivity index (χ2n) is 4.75. The predicted octanol–water partition coefficient (Wildman–Crippen LogP) is 2.26. The molecule has 2 N–H and O–H groups in total. The highest BCUT2D eigenvalue weighted by molar-refractivity contribution is 5.76. The quantitative estimate of drug-likeness (QED) is 0.769. The molecule has 0 saturated carbocycles. The number of nitrogens with one attached hydrogen (secondary N) is 1. The molecule has 5 heteroatoms. The van der Waals surface area contributed by atoms with Crippen molar-refractivity contribution in [3.8, 4) is 5.75 Å². The zero-order valence-corrected chi connectivity index (χ0v) is 12.0. The van der Waals surface area contributed by atoms with Crippen LogP contribution in [0.5, 0.6) is 5.75 Å². The molecule has 0 aromatic heterocycles. The highest BCUT2D eigenvalue weighted by Gasteiger charge is 2.26. The van der Waals surface area contributed by atoms with E-state index in [4.69, 9.17) is 4.74 Å². The average molecular weight is 283 g/mol. The fourth-order valence-corrected chi connectivity index (χ4v) is 1.87. The third-order valence-corrected chi connectivity index (χ3v) is 3.45. The van der Waals surface area contributed by atoms with Crippen LogP contribution in [0, 0.1) is 5.82 Å². The van der Waals surface area contributed by atoms with Crippen molar-refractivity contribution in [2.75, 3.05) is 13.2 Å². The van der Waals surface area contributed by atoms with Gasteiger partial charge in [0.25, 0.3) is 0 Å². The molecular formula is C15H22FNO3. The minimum absolute atomic E-state index is 0.0868. The third kappa shape index (κ3) is 4.81. The maximum Gasteiger partial charge on any atom is 0.223 e.